The van der Waals surface area contributed by atoms with Gasteiger partial charge in [-0.1, -0.05) is 44.2 Å². The number of benzene rings is 2. The fourth-order valence-electron chi connectivity index (χ4n) is 3.07. The largest absolute Gasteiger partial charge is 0.337 e. The number of hydrogen-bond donors (Lipinski definition) is 2. The maximum atomic E-state index is 13.0. The van der Waals surface area contributed by atoms with E-state index in [1.165, 1.54) is 5.56 Å². The fourth-order valence-corrected chi connectivity index (χ4v) is 3.07. The van der Waals surface area contributed by atoms with Gasteiger partial charge in [0.15, 0.2) is 0 Å². The third kappa shape index (κ3) is 6.50. The number of carbonyl (C=O) groups is 2. The molecular weight excluding hydrogens is 350 g/mol. The first kappa shape index (κ1) is 21.6. The summed E-state index contributed by atoms with van der Waals surface area (Å²) in [7, 11) is 0. The molecule has 0 fully saturated rings. The van der Waals surface area contributed by atoms with Crippen molar-refractivity contribution in [2.24, 2.45) is 11.7 Å². The number of hydrogen-bond acceptors (Lipinski definition) is 3. The average Bonchev–Trinajstić information content (AvgIpc) is 2.66. The molecule has 0 saturated heterocycles. The Hall–Kier alpha value is -2.66. The van der Waals surface area contributed by atoms with Gasteiger partial charge in [-0.15, -0.1) is 0 Å². The van der Waals surface area contributed by atoms with Gasteiger partial charge < -0.3 is 16.0 Å². The number of carbonyl (C=O) groups excluding carboxylic acids is 2. The van der Waals surface area contributed by atoms with Crippen LogP contribution in [0.15, 0.2) is 48.5 Å². The van der Waals surface area contributed by atoms with E-state index in [4.69, 9.17) is 5.73 Å². The first-order valence-corrected chi connectivity index (χ1v) is 9.84. The number of nitrogens with zero attached hydrogens (tertiary/aromatic N) is 1. The van der Waals surface area contributed by atoms with E-state index in [1.54, 1.807) is 17.0 Å². The predicted octanol–water partition coefficient (Wildman–Crippen LogP) is 3.62. The minimum Gasteiger partial charge on any atom is -0.337 e. The third-order valence-corrected chi connectivity index (χ3v) is 4.54. The second kappa shape index (κ2) is 10.6. The van der Waals surface area contributed by atoms with E-state index in [1.807, 2.05) is 45.0 Å². The molecule has 28 heavy (non-hydrogen) atoms. The van der Waals surface area contributed by atoms with Crippen LogP contribution in [-0.4, -0.2) is 36.3 Å². The van der Waals surface area contributed by atoms with Crippen molar-refractivity contribution < 1.29 is 9.59 Å². The molecule has 0 aliphatic heterocycles. The number of rotatable bonds is 9. The fraction of sp³-hybridized carbons (Fsp3) is 0.391. The van der Waals surface area contributed by atoms with Crippen LogP contribution in [0.2, 0.25) is 0 Å². The first-order valence-electron chi connectivity index (χ1n) is 9.84. The minimum absolute atomic E-state index is 0.00945. The molecule has 0 unspecified atom stereocenters. The molecule has 2 rings (SSSR count). The van der Waals surface area contributed by atoms with Crippen LogP contribution < -0.4 is 11.1 Å². The van der Waals surface area contributed by atoms with Crippen LogP contribution in [0.4, 0.5) is 5.69 Å². The van der Waals surface area contributed by atoms with Gasteiger partial charge in [0.05, 0.1) is 0 Å². The molecule has 2 aromatic rings. The van der Waals surface area contributed by atoms with Crippen molar-refractivity contribution in [3.8, 4) is 0 Å². The van der Waals surface area contributed by atoms with E-state index in [0.29, 0.717) is 37.5 Å². The summed E-state index contributed by atoms with van der Waals surface area (Å²) in [5.74, 6) is 0.255. The van der Waals surface area contributed by atoms with Crippen molar-refractivity contribution in [1.82, 2.24) is 4.90 Å². The second-order valence-electron chi connectivity index (χ2n) is 7.49. The average molecular weight is 382 g/mol. The van der Waals surface area contributed by atoms with E-state index < -0.39 is 0 Å². The van der Waals surface area contributed by atoms with E-state index in [-0.39, 0.29) is 11.8 Å². The summed E-state index contributed by atoms with van der Waals surface area (Å²) in [4.78, 5) is 26.8. The zero-order chi connectivity index (χ0) is 20.5. The molecule has 3 N–H and O–H groups in total. The lowest BCUT2D eigenvalue weighted by Gasteiger charge is -2.23. The SMILES string of the molecule is Cc1cc(C(=O)N(CCN)CCc2ccccc2)ccc1NC(=O)CC(C)C. The Bertz CT molecular complexity index is 788. The molecule has 0 aliphatic carbocycles. The molecule has 0 spiro atoms. The van der Waals surface area contributed by atoms with Crippen LogP contribution >= 0.6 is 0 Å². The lowest BCUT2D eigenvalue weighted by molar-refractivity contribution is -0.116. The zero-order valence-electron chi connectivity index (χ0n) is 17.1. The lowest BCUT2D eigenvalue weighted by Crippen LogP contribution is -2.37. The molecule has 5 nitrogen and oxygen atoms in total. The Morgan fingerprint density at radius 3 is 2.39 bits per heavy atom. The summed E-state index contributed by atoms with van der Waals surface area (Å²) in [6, 6.07) is 15.5. The second-order valence-corrected chi connectivity index (χ2v) is 7.49. The van der Waals surface area contributed by atoms with Crippen LogP contribution in [0.3, 0.4) is 0 Å². The molecule has 0 aliphatic rings. The molecule has 0 saturated carbocycles. The number of nitrogens with two attached hydrogens (primary N) is 1. The monoisotopic (exact) mass is 381 g/mol. The summed E-state index contributed by atoms with van der Waals surface area (Å²) in [5, 5.41) is 2.92. The zero-order valence-corrected chi connectivity index (χ0v) is 17.1. The lowest BCUT2D eigenvalue weighted by atomic mass is 10.1. The highest BCUT2D eigenvalue weighted by molar-refractivity contribution is 5.96. The maximum absolute atomic E-state index is 13.0. The molecule has 2 aromatic carbocycles. The molecule has 0 heterocycles. The van der Waals surface area contributed by atoms with Crippen molar-refractivity contribution in [1.29, 1.82) is 0 Å². The van der Waals surface area contributed by atoms with Gasteiger partial charge in [-0.05, 0) is 48.6 Å². The van der Waals surface area contributed by atoms with Crippen LogP contribution in [0, 0.1) is 12.8 Å². The summed E-state index contributed by atoms with van der Waals surface area (Å²) < 4.78 is 0. The Balaban J connectivity index is 2.07. The quantitative estimate of drug-likeness (QED) is 0.696. The van der Waals surface area contributed by atoms with Crippen LogP contribution in [-0.2, 0) is 11.2 Å². The molecule has 0 aromatic heterocycles. The topological polar surface area (TPSA) is 75.4 Å². The van der Waals surface area contributed by atoms with Gasteiger partial charge in [0, 0.05) is 37.3 Å². The molecule has 150 valence electrons. The Kier molecular flexibility index (Phi) is 8.20. The third-order valence-electron chi connectivity index (χ3n) is 4.54. The van der Waals surface area contributed by atoms with Gasteiger partial charge in [-0.3, -0.25) is 9.59 Å². The van der Waals surface area contributed by atoms with Gasteiger partial charge in [0.1, 0.15) is 0 Å². The van der Waals surface area contributed by atoms with Crippen LogP contribution in [0.1, 0.15) is 41.8 Å². The highest BCUT2D eigenvalue weighted by atomic mass is 16.2. The minimum atomic E-state index is -0.0375. The van der Waals surface area contributed by atoms with Gasteiger partial charge >= 0.3 is 0 Å². The van der Waals surface area contributed by atoms with Crippen LogP contribution in [0.5, 0.6) is 0 Å². The van der Waals surface area contributed by atoms with E-state index in [9.17, 15) is 9.59 Å². The summed E-state index contributed by atoms with van der Waals surface area (Å²) in [6.07, 6.45) is 1.26. The van der Waals surface area contributed by atoms with E-state index >= 15 is 0 Å². The van der Waals surface area contributed by atoms with Crippen molar-refractivity contribution in [3.63, 3.8) is 0 Å². The molecule has 5 heteroatoms. The Labute approximate surface area is 167 Å². The van der Waals surface area contributed by atoms with Crippen molar-refractivity contribution >= 4 is 17.5 Å². The molecule has 0 radical (unpaired) electrons. The summed E-state index contributed by atoms with van der Waals surface area (Å²) >= 11 is 0. The maximum Gasteiger partial charge on any atom is 0.253 e. The molecular formula is C23H31N3O2. The van der Waals surface area contributed by atoms with Gasteiger partial charge in [0.2, 0.25) is 5.91 Å². The number of amides is 2. The van der Waals surface area contributed by atoms with Crippen molar-refractivity contribution in [3.05, 3.63) is 65.2 Å². The van der Waals surface area contributed by atoms with Gasteiger partial charge in [-0.25, -0.2) is 0 Å². The summed E-state index contributed by atoms with van der Waals surface area (Å²) in [6.45, 7) is 7.47. The normalized spacial score (nSPS) is 10.8. The van der Waals surface area contributed by atoms with Gasteiger partial charge in [-0.2, -0.15) is 0 Å². The highest BCUT2D eigenvalue weighted by Crippen LogP contribution is 2.19. The first-order chi connectivity index (χ1) is 13.4. The molecule has 0 bridgehead atoms. The van der Waals surface area contributed by atoms with Crippen LogP contribution in [0.25, 0.3) is 0 Å². The molecule has 0 atom stereocenters. The van der Waals surface area contributed by atoms with Gasteiger partial charge in [0.25, 0.3) is 5.91 Å². The highest BCUT2D eigenvalue weighted by Gasteiger charge is 2.16. The molecule has 2 amide bonds. The number of nitrogens with one attached hydrogen (secondary N) is 1. The number of aryl methyl sites for hydroxylation is 1. The van der Waals surface area contributed by atoms with Crippen molar-refractivity contribution in [2.45, 2.75) is 33.6 Å². The Morgan fingerprint density at radius 1 is 1.07 bits per heavy atom. The van der Waals surface area contributed by atoms with E-state index in [2.05, 4.69) is 17.4 Å². The van der Waals surface area contributed by atoms with E-state index in [0.717, 1.165) is 17.7 Å². The van der Waals surface area contributed by atoms with Crippen molar-refractivity contribution in [2.75, 3.05) is 25.0 Å². The number of anilines is 1. The standard InChI is InChI=1S/C23H31N3O2/c1-17(2)15-22(27)25-21-10-9-20(16-18(21)3)23(28)26(14-12-24)13-11-19-7-5-4-6-8-19/h4-10,16-17H,11-15,24H2,1-3H3,(H,25,27). The predicted molar refractivity (Wildman–Crippen MR) is 114 cm³/mol. The summed E-state index contributed by atoms with van der Waals surface area (Å²) in [5.41, 5.74) is 9.15. The smallest absolute Gasteiger partial charge is 0.253 e. The Morgan fingerprint density at radius 2 is 1.79 bits per heavy atom.